The first-order valence-corrected chi connectivity index (χ1v) is 7.44. The molecule has 0 amide bonds. The van der Waals surface area contributed by atoms with Crippen molar-refractivity contribution in [1.29, 1.82) is 0 Å². The molecule has 0 aliphatic heterocycles. The summed E-state index contributed by atoms with van der Waals surface area (Å²) in [5.74, 6) is -1.23. The molecule has 0 radical (unpaired) electrons. The quantitative estimate of drug-likeness (QED) is 0.631. The predicted molar refractivity (Wildman–Crippen MR) is 76.3 cm³/mol. The number of hydrogen-bond acceptors (Lipinski definition) is 3. The first-order valence-electron chi connectivity index (χ1n) is 5.95. The van der Waals surface area contributed by atoms with Crippen LogP contribution in [0, 0.1) is 5.82 Å². The molecule has 6 nitrogen and oxygen atoms in total. The van der Waals surface area contributed by atoms with Crippen LogP contribution in [0.3, 0.4) is 0 Å². The molecule has 1 aromatic carbocycles. The summed E-state index contributed by atoms with van der Waals surface area (Å²) in [4.78, 5) is 23.4. The first-order chi connectivity index (χ1) is 10.9. The van der Waals surface area contributed by atoms with Gasteiger partial charge in [-0.25, -0.2) is 18.0 Å². The summed E-state index contributed by atoms with van der Waals surface area (Å²) in [5, 5.41) is -0.450. The molecule has 130 valence electrons. The molecule has 0 saturated carbocycles. The minimum absolute atomic E-state index is 0.108. The van der Waals surface area contributed by atoms with Crippen LogP contribution >= 0.6 is 11.6 Å². The van der Waals surface area contributed by atoms with E-state index in [1.807, 2.05) is 0 Å². The lowest BCUT2D eigenvalue weighted by Gasteiger charge is -2.14. The zero-order valence-electron chi connectivity index (χ0n) is 11.6. The SMILES string of the molecule is Cn1c(C(F)(F)F)cc(=O)n(-c2cc(S(=O)O)c(Cl)cc2F)c1=O. The Balaban J connectivity index is 2.88. The van der Waals surface area contributed by atoms with Crippen LogP contribution in [0.5, 0.6) is 0 Å². The molecule has 1 N–H and O–H groups in total. The molecule has 12 heteroatoms. The Morgan fingerprint density at radius 2 is 1.79 bits per heavy atom. The predicted octanol–water partition coefficient (Wildman–Crippen LogP) is 1.93. The van der Waals surface area contributed by atoms with E-state index in [0.717, 1.165) is 7.05 Å². The topological polar surface area (TPSA) is 81.3 Å². The van der Waals surface area contributed by atoms with E-state index >= 15 is 0 Å². The fraction of sp³-hybridized carbons (Fsp3) is 0.167. The monoisotopic (exact) mass is 386 g/mol. The number of alkyl halides is 3. The molecule has 0 spiro atoms. The second kappa shape index (κ2) is 6.15. The summed E-state index contributed by atoms with van der Waals surface area (Å²) in [6.45, 7) is 0. The smallest absolute Gasteiger partial charge is 0.302 e. The van der Waals surface area contributed by atoms with E-state index in [0.29, 0.717) is 12.1 Å². The molecule has 1 aromatic heterocycles. The molecule has 0 aliphatic carbocycles. The number of hydrogen-bond donors (Lipinski definition) is 1. The molecule has 1 unspecified atom stereocenters. The van der Waals surface area contributed by atoms with E-state index in [1.165, 1.54) is 0 Å². The van der Waals surface area contributed by atoms with Gasteiger partial charge in [-0.1, -0.05) is 11.6 Å². The van der Waals surface area contributed by atoms with Gasteiger partial charge in [0.2, 0.25) is 0 Å². The number of aromatic nitrogens is 2. The van der Waals surface area contributed by atoms with Gasteiger partial charge in [0.1, 0.15) is 11.5 Å². The van der Waals surface area contributed by atoms with Gasteiger partial charge in [0.25, 0.3) is 5.56 Å². The zero-order valence-corrected chi connectivity index (χ0v) is 13.2. The van der Waals surface area contributed by atoms with Gasteiger partial charge in [0.05, 0.1) is 15.6 Å². The van der Waals surface area contributed by atoms with Crippen LogP contribution in [0.2, 0.25) is 5.02 Å². The Morgan fingerprint density at radius 3 is 2.29 bits per heavy atom. The molecule has 1 heterocycles. The molecule has 0 bridgehead atoms. The summed E-state index contributed by atoms with van der Waals surface area (Å²) in [7, 11) is 0.750. The third-order valence-electron chi connectivity index (χ3n) is 3.04. The van der Waals surface area contributed by atoms with Gasteiger partial charge < -0.3 is 4.55 Å². The van der Waals surface area contributed by atoms with Crippen molar-refractivity contribution < 1.29 is 26.3 Å². The van der Waals surface area contributed by atoms with E-state index in [-0.39, 0.29) is 15.2 Å². The molecular formula is C12H7ClF4N2O4S. The summed E-state index contributed by atoms with van der Waals surface area (Å²) in [6, 6.07) is 1.33. The molecule has 0 saturated heterocycles. The fourth-order valence-corrected chi connectivity index (χ4v) is 2.73. The Hall–Kier alpha value is -1.98. The van der Waals surface area contributed by atoms with Crippen molar-refractivity contribution >= 4 is 22.7 Å². The van der Waals surface area contributed by atoms with Crippen molar-refractivity contribution in [2.45, 2.75) is 11.1 Å². The van der Waals surface area contributed by atoms with Gasteiger partial charge in [-0.05, 0) is 12.1 Å². The molecule has 0 aliphatic rings. The van der Waals surface area contributed by atoms with Crippen LogP contribution < -0.4 is 11.2 Å². The van der Waals surface area contributed by atoms with Crippen molar-refractivity contribution in [1.82, 2.24) is 9.13 Å². The van der Waals surface area contributed by atoms with E-state index in [4.69, 9.17) is 16.2 Å². The highest BCUT2D eigenvalue weighted by Crippen LogP contribution is 2.28. The van der Waals surface area contributed by atoms with E-state index in [1.54, 1.807) is 0 Å². The maximum atomic E-state index is 14.0. The average molecular weight is 387 g/mol. The lowest BCUT2D eigenvalue weighted by molar-refractivity contribution is -0.144. The van der Waals surface area contributed by atoms with E-state index < -0.39 is 55.6 Å². The number of benzene rings is 1. The van der Waals surface area contributed by atoms with Crippen molar-refractivity contribution in [2.24, 2.45) is 7.05 Å². The Bertz CT molecular complexity index is 967. The van der Waals surface area contributed by atoms with Crippen LogP contribution in [-0.2, 0) is 24.3 Å². The molecule has 2 aromatic rings. The second-order valence-corrected chi connectivity index (χ2v) is 5.87. The van der Waals surface area contributed by atoms with Gasteiger partial charge in [0.15, 0.2) is 11.1 Å². The number of rotatable bonds is 2. The maximum Gasteiger partial charge on any atom is 0.431 e. The van der Waals surface area contributed by atoms with Crippen molar-refractivity contribution in [2.75, 3.05) is 0 Å². The van der Waals surface area contributed by atoms with E-state index in [2.05, 4.69) is 0 Å². The molecule has 2 rings (SSSR count). The third-order valence-corrected chi connectivity index (χ3v) is 4.18. The first kappa shape index (κ1) is 18.4. The highest BCUT2D eigenvalue weighted by Gasteiger charge is 2.35. The summed E-state index contributed by atoms with van der Waals surface area (Å²) < 4.78 is 72.7. The lowest BCUT2D eigenvalue weighted by atomic mass is 10.3. The average Bonchev–Trinajstić information content (AvgIpc) is 2.43. The van der Waals surface area contributed by atoms with Crippen LogP contribution in [0.25, 0.3) is 5.69 Å². The standard InChI is InChI=1S/C12H7ClF4N2O4S/c1-18-9(12(15,16)17)4-10(20)19(11(18)21)7-3-8(24(22)23)5(13)2-6(7)14/h2-4H,1H3,(H,22,23). The van der Waals surface area contributed by atoms with Crippen LogP contribution in [0.1, 0.15) is 5.69 Å². The molecular weight excluding hydrogens is 380 g/mol. The largest absolute Gasteiger partial charge is 0.431 e. The summed E-state index contributed by atoms with van der Waals surface area (Å²) in [6.07, 6.45) is -4.97. The highest BCUT2D eigenvalue weighted by atomic mass is 35.5. The zero-order chi connectivity index (χ0) is 18.4. The van der Waals surface area contributed by atoms with E-state index in [9.17, 15) is 31.4 Å². The maximum absolute atomic E-state index is 14.0. The van der Waals surface area contributed by atoms with Crippen molar-refractivity contribution in [3.8, 4) is 5.69 Å². The minimum atomic E-state index is -4.97. The molecule has 24 heavy (non-hydrogen) atoms. The van der Waals surface area contributed by atoms with Crippen LogP contribution in [0.4, 0.5) is 17.6 Å². The molecule has 1 atom stereocenters. The number of nitrogens with zero attached hydrogens (tertiary/aromatic N) is 2. The van der Waals surface area contributed by atoms with Crippen molar-refractivity contribution in [3.05, 3.63) is 55.6 Å². The van der Waals surface area contributed by atoms with Crippen molar-refractivity contribution in [3.63, 3.8) is 0 Å². The normalized spacial score (nSPS) is 13.1. The van der Waals surface area contributed by atoms with Gasteiger partial charge in [-0.15, -0.1) is 0 Å². The second-order valence-electron chi connectivity index (χ2n) is 4.53. The van der Waals surface area contributed by atoms with Crippen LogP contribution in [0.15, 0.2) is 32.7 Å². The number of halogens is 5. The van der Waals surface area contributed by atoms with Gasteiger partial charge in [0, 0.05) is 13.1 Å². The summed E-state index contributed by atoms with van der Waals surface area (Å²) >= 11 is 2.89. The van der Waals surface area contributed by atoms with Gasteiger partial charge in [-0.3, -0.25) is 9.36 Å². The Morgan fingerprint density at radius 1 is 1.21 bits per heavy atom. The van der Waals surface area contributed by atoms with Crippen LogP contribution in [-0.4, -0.2) is 17.9 Å². The summed E-state index contributed by atoms with van der Waals surface area (Å²) in [5.41, 5.74) is -5.25. The Kier molecular flexibility index (Phi) is 4.70. The van der Waals surface area contributed by atoms with Gasteiger partial charge >= 0.3 is 11.9 Å². The Labute approximate surface area is 138 Å². The lowest BCUT2D eigenvalue weighted by Crippen LogP contribution is -2.41. The molecule has 0 fully saturated rings. The van der Waals surface area contributed by atoms with Gasteiger partial charge in [-0.2, -0.15) is 13.2 Å². The minimum Gasteiger partial charge on any atom is -0.302 e. The fourth-order valence-electron chi connectivity index (χ4n) is 1.94. The third kappa shape index (κ3) is 3.14. The highest BCUT2D eigenvalue weighted by molar-refractivity contribution is 7.79.